The topological polar surface area (TPSA) is 75.3 Å². The molecule has 4 heteroatoms. The average molecular weight is 242 g/mol. The summed E-state index contributed by atoms with van der Waals surface area (Å²) in [6, 6.07) is -0.0196. The molecule has 100 valence electrons. The standard InChI is InChI=1S/C13H26N2O2/c1-3-13(4-2,9-16)15-12(17)10-7-5-6-8-11(10)14/h10-11,16H,3-9,14H2,1-2H3,(H,15,17). The third-order valence-corrected chi connectivity index (χ3v) is 4.20. The number of carbonyl (C=O) groups excluding carboxylic acids is 1. The number of rotatable bonds is 5. The number of aliphatic hydroxyl groups is 1. The lowest BCUT2D eigenvalue weighted by atomic mass is 9.83. The molecule has 0 saturated heterocycles. The molecule has 1 rings (SSSR count). The fraction of sp³-hybridized carbons (Fsp3) is 0.923. The van der Waals surface area contributed by atoms with E-state index in [0.29, 0.717) is 0 Å². The highest BCUT2D eigenvalue weighted by molar-refractivity contribution is 5.80. The highest BCUT2D eigenvalue weighted by Crippen LogP contribution is 2.24. The largest absolute Gasteiger partial charge is 0.394 e. The van der Waals surface area contributed by atoms with Crippen molar-refractivity contribution in [3.63, 3.8) is 0 Å². The molecule has 0 aromatic heterocycles. The van der Waals surface area contributed by atoms with Crippen LogP contribution < -0.4 is 11.1 Å². The first-order valence-electron chi connectivity index (χ1n) is 6.77. The van der Waals surface area contributed by atoms with Gasteiger partial charge in [0.25, 0.3) is 0 Å². The van der Waals surface area contributed by atoms with E-state index >= 15 is 0 Å². The Morgan fingerprint density at radius 3 is 2.41 bits per heavy atom. The molecular weight excluding hydrogens is 216 g/mol. The molecule has 0 aromatic rings. The number of hydrogen-bond donors (Lipinski definition) is 3. The van der Waals surface area contributed by atoms with Crippen LogP contribution in [0.3, 0.4) is 0 Å². The van der Waals surface area contributed by atoms with Crippen molar-refractivity contribution < 1.29 is 9.90 Å². The third-order valence-electron chi connectivity index (χ3n) is 4.20. The predicted octanol–water partition coefficient (Wildman–Crippen LogP) is 1.17. The van der Waals surface area contributed by atoms with Gasteiger partial charge < -0.3 is 16.2 Å². The van der Waals surface area contributed by atoms with Crippen LogP contribution in [-0.2, 0) is 4.79 Å². The molecule has 0 spiro atoms. The fourth-order valence-electron chi connectivity index (χ4n) is 2.53. The molecular formula is C13H26N2O2. The van der Waals surface area contributed by atoms with E-state index in [0.717, 1.165) is 38.5 Å². The van der Waals surface area contributed by atoms with Crippen LogP contribution in [0.25, 0.3) is 0 Å². The molecule has 0 heterocycles. The van der Waals surface area contributed by atoms with Crippen molar-refractivity contribution in [3.05, 3.63) is 0 Å². The van der Waals surface area contributed by atoms with Crippen LogP contribution in [0.4, 0.5) is 0 Å². The number of nitrogens with two attached hydrogens (primary N) is 1. The molecule has 4 N–H and O–H groups in total. The maximum absolute atomic E-state index is 12.2. The lowest BCUT2D eigenvalue weighted by Crippen LogP contribution is -2.55. The minimum atomic E-state index is -0.464. The molecule has 1 saturated carbocycles. The zero-order chi connectivity index (χ0) is 12.9. The van der Waals surface area contributed by atoms with Crippen molar-refractivity contribution in [1.82, 2.24) is 5.32 Å². The molecule has 1 fully saturated rings. The summed E-state index contributed by atoms with van der Waals surface area (Å²) in [4.78, 5) is 12.2. The first-order chi connectivity index (χ1) is 8.08. The highest BCUT2D eigenvalue weighted by atomic mass is 16.3. The van der Waals surface area contributed by atoms with Crippen molar-refractivity contribution in [2.75, 3.05) is 6.61 Å². The van der Waals surface area contributed by atoms with E-state index in [1.807, 2.05) is 13.8 Å². The Morgan fingerprint density at radius 1 is 1.35 bits per heavy atom. The molecule has 1 amide bonds. The normalized spacial score (nSPS) is 25.6. The van der Waals surface area contributed by atoms with Gasteiger partial charge in [-0.1, -0.05) is 26.7 Å². The molecule has 0 radical (unpaired) electrons. The molecule has 0 aromatic carbocycles. The molecule has 2 atom stereocenters. The van der Waals surface area contributed by atoms with Gasteiger partial charge in [-0.15, -0.1) is 0 Å². The van der Waals surface area contributed by atoms with Crippen LogP contribution in [0.15, 0.2) is 0 Å². The van der Waals surface area contributed by atoms with Crippen LogP contribution >= 0.6 is 0 Å². The van der Waals surface area contributed by atoms with Crippen LogP contribution in [0.5, 0.6) is 0 Å². The summed E-state index contributed by atoms with van der Waals surface area (Å²) in [6.07, 6.45) is 5.50. The van der Waals surface area contributed by atoms with Crippen molar-refractivity contribution >= 4 is 5.91 Å². The predicted molar refractivity (Wildman–Crippen MR) is 68.5 cm³/mol. The summed E-state index contributed by atoms with van der Waals surface area (Å²) in [5.41, 5.74) is 5.54. The Bertz CT molecular complexity index is 244. The van der Waals surface area contributed by atoms with Crippen LogP contribution in [0.1, 0.15) is 52.4 Å². The van der Waals surface area contributed by atoms with E-state index in [1.165, 1.54) is 0 Å². The maximum atomic E-state index is 12.2. The summed E-state index contributed by atoms with van der Waals surface area (Å²) in [6.45, 7) is 3.97. The third kappa shape index (κ3) is 3.42. The Hall–Kier alpha value is -0.610. The molecule has 4 nitrogen and oxygen atoms in total. The average Bonchev–Trinajstić information content (AvgIpc) is 2.36. The fourth-order valence-corrected chi connectivity index (χ4v) is 2.53. The second-order valence-corrected chi connectivity index (χ2v) is 5.19. The number of aliphatic hydroxyl groups excluding tert-OH is 1. The molecule has 1 aliphatic rings. The Kier molecular flexibility index (Phi) is 5.40. The quantitative estimate of drug-likeness (QED) is 0.677. The summed E-state index contributed by atoms with van der Waals surface area (Å²) >= 11 is 0. The monoisotopic (exact) mass is 242 g/mol. The van der Waals surface area contributed by atoms with Gasteiger partial charge in [0.15, 0.2) is 0 Å². The van der Waals surface area contributed by atoms with Crippen LogP contribution in [0, 0.1) is 5.92 Å². The van der Waals surface area contributed by atoms with Crippen molar-refractivity contribution in [2.24, 2.45) is 11.7 Å². The van der Waals surface area contributed by atoms with E-state index in [2.05, 4.69) is 5.32 Å². The minimum absolute atomic E-state index is 0.00625. The lowest BCUT2D eigenvalue weighted by molar-refractivity contribution is -0.129. The van der Waals surface area contributed by atoms with Crippen molar-refractivity contribution in [2.45, 2.75) is 64.0 Å². The first kappa shape index (κ1) is 14.5. The lowest BCUT2D eigenvalue weighted by Gasteiger charge is -2.35. The molecule has 0 bridgehead atoms. The second kappa shape index (κ2) is 6.36. The van der Waals surface area contributed by atoms with Crippen molar-refractivity contribution in [1.29, 1.82) is 0 Å². The van der Waals surface area contributed by atoms with E-state index in [9.17, 15) is 9.90 Å². The second-order valence-electron chi connectivity index (χ2n) is 5.19. The van der Waals surface area contributed by atoms with Gasteiger partial charge in [0.05, 0.1) is 18.1 Å². The Balaban J connectivity index is 2.63. The van der Waals surface area contributed by atoms with E-state index < -0.39 is 5.54 Å². The summed E-state index contributed by atoms with van der Waals surface area (Å²) in [5, 5.41) is 12.5. The van der Waals surface area contributed by atoms with E-state index in [-0.39, 0.29) is 24.5 Å². The van der Waals surface area contributed by atoms with Gasteiger partial charge in [0, 0.05) is 6.04 Å². The Labute approximate surface area is 104 Å². The summed E-state index contributed by atoms with van der Waals surface area (Å²) in [5.74, 6) is -0.0530. The zero-order valence-electron chi connectivity index (χ0n) is 11.0. The van der Waals surface area contributed by atoms with E-state index in [4.69, 9.17) is 5.73 Å². The number of carbonyl (C=O) groups is 1. The van der Waals surface area contributed by atoms with Crippen LogP contribution in [0.2, 0.25) is 0 Å². The van der Waals surface area contributed by atoms with Crippen LogP contribution in [-0.4, -0.2) is 29.2 Å². The minimum Gasteiger partial charge on any atom is -0.394 e. The van der Waals surface area contributed by atoms with Gasteiger partial charge in [-0.25, -0.2) is 0 Å². The number of amides is 1. The van der Waals surface area contributed by atoms with E-state index in [1.54, 1.807) is 0 Å². The number of hydrogen-bond acceptors (Lipinski definition) is 3. The van der Waals surface area contributed by atoms with Gasteiger partial charge in [0.1, 0.15) is 0 Å². The van der Waals surface area contributed by atoms with Crippen molar-refractivity contribution in [3.8, 4) is 0 Å². The SMILES string of the molecule is CCC(CC)(CO)NC(=O)C1CCCCC1N. The molecule has 17 heavy (non-hydrogen) atoms. The summed E-state index contributed by atoms with van der Waals surface area (Å²) in [7, 11) is 0. The maximum Gasteiger partial charge on any atom is 0.225 e. The van der Waals surface area contributed by atoms with Gasteiger partial charge in [-0.3, -0.25) is 4.79 Å². The van der Waals surface area contributed by atoms with Gasteiger partial charge in [-0.2, -0.15) is 0 Å². The first-order valence-corrected chi connectivity index (χ1v) is 6.77. The van der Waals surface area contributed by atoms with Gasteiger partial charge in [0.2, 0.25) is 5.91 Å². The molecule has 1 aliphatic carbocycles. The molecule has 0 aliphatic heterocycles. The Morgan fingerprint density at radius 2 is 1.94 bits per heavy atom. The highest BCUT2D eigenvalue weighted by Gasteiger charge is 2.33. The van der Waals surface area contributed by atoms with Gasteiger partial charge >= 0.3 is 0 Å². The van der Waals surface area contributed by atoms with Gasteiger partial charge in [-0.05, 0) is 25.7 Å². The zero-order valence-corrected chi connectivity index (χ0v) is 11.0. The smallest absolute Gasteiger partial charge is 0.225 e. The number of nitrogens with one attached hydrogen (secondary N) is 1. The summed E-state index contributed by atoms with van der Waals surface area (Å²) < 4.78 is 0. The molecule has 2 unspecified atom stereocenters.